The molecule has 1 aromatic rings. The fraction of sp³-hybridized carbons (Fsp3) is 0.333. The zero-order valence-electron chi connectivity index (χ0n) is 10.2. The number of anilines is 1. The first-order chi connectivity index (χ1) is 9.29. The molecule has 1 aromatic carbocycles. The summed E-state index contributed by atoms with van der Waals surface area (Å²) in [7, 11) is 0. The molecule has 0 spiro atoms. The van der Waals surface area contributed by atoms with Crippen molar-refractivity contribution in [1.29, 1.82) is 0 Å². The van der Waals surface area contributed by atoms with E-state index in [4.69, 9.17) is 5.11 Å². The highest BCUT2D eigenvalue weighted by atomic mass is 19.4. The highest BCUT2D eigenvalue weighted by molar-refractivity contribution is 5.95. The maximum Gasteiger partial charge on any atom is 0.416 e. The number of carbonyl (C=O) groups is 2. The average molecular weight is 288 g/mol. The molecule has 108 valence electrons. The van der Waals surface area contributed by atoms with Crippen molar-refractivity contribution in [3.05, 3.63) is 29.8 Å². The molecule has 0 aliphatic carbocycles. The van der Waals surface area contributed by atoms with Gasteiger partial charge in [0.25, 0.3) is 0 Å². The van der Waals surface area contributed by atoms with Crippen LogP contribution in [0.3, 0.4) is 0 Å². The zero-order valence-corrected chi connectivity index (χ0v) is 10.2. The fourth-order valence-electron chi connectivity index (χ4n) is 1.99. The van der Waals surface area contributed by atoms with Crippen LogP contribution in [0, 0.1) is 0 Å². The monoisotopic (exact) mass is 288 g/mol. The van der Waals surface area contributed by atoms with Gasteiger partial charge in [-0.05, 0) is 24.3 Å². The number of rotatable bonds is 3. The van der Waals surface area contributed by atoms with Crippen LogP contribution in [0.2, 0.25) is 0 Å². The van der Waals surface area contributed by atoms with Crippen LogP contribution in [0.15, 0.2) is 24.3 Å². The Morgan fingerprint density at radius 2 is 1.85 bits per heavy atom. The molecule has 2 rings (SSSR count). The van der Waals surface area contributed by atoms with E-state index in [2.05, 4.69) is 0 Å². The van der Waals surface area contributed by atoms with Gasteiger partial charge in [-0.1, -0.05) is 0 Å². The van der Waals surface area contributed by atoms with Crippen molar-refractivity contribution in [1.82, 2.24) is 5.01 Å². The van der Waals surface area contributed by atoms with E-state index in [9.17, 15) is 22.8 Å². The summed E-state index contributed by atoms with van der Waals surface area (Å²) in [6, 6.07) is 4.03. The van der Waals surface area contributed by atoms with E-state index in [1.807, 2.05) is 0 Å². The normalized spacial score (nSPS) is 16.8. The molecule has 0 unspecified atom stereocenters. The van der Waals surface area contributed by atoms with E-state index in [1.165, 1.54) is 5.01 Å². The minimum Gasteiger partial charge on any atom is -0.480 e. The number of carbonyl (C=O) groups excluding carboxylic acids is 1. The maximum atomic E-state index is 12.5. The second kappa shape index (κ2) is 5.12. The molecule has 0 atom stereocenters. The van der Waals surface area contributed by atoms with Gasteiger partial charge < -0.3 is 5.11 Å². The fourth-order valence-corrected chi connectivity index (χ4v) is 1.99. The average Bonchev–Trinajstić information content (AvgIpc) is 2.69. The second-order valence-electron chi connectivity index (χ2n) is 4.28. The molecule has 1 saturated heterocycles. The molecule has 1 amide bonds. The van der Waals surface area contributed by atoms with Crippen LogP contribution >= 0.6 is 0 Å². The summed E-state index contributed by atoms with van der Waals surface area (Å²) in [6.45, 7) is -0.154. The molecule has 1 fully saturated rings. The second-order valence-corrected chi connectivity index (χ2v) is 4.28. The van der Waals surface area contributed by atoms with Crippen molar-refractivity contribution in [2.45, 2.75) is 12.6 Å². The van der Waals surface area contributed by atoms with E-state index in [0.717, 1.165) is 29.3 Å². The summed E-state index contributed by atoms with van der Waals surface area (Å²) in [5.74, 6) is -1.46. The lowest BCUT2D eigenvalue weighted by molar-refractivity contribution is -0.138. The third-order valence-electron chi connectivity index (χ3n) is 2.86. The summed E-state index contributed by atoms with van der Waals surface area (Å²) in [5.41, 5.74) is -0.598. The molecule has 0 radical (unpaired) electrons. The first-order valence-corrected chi connectivity index (χ1v) is 5.76. The van der Waals surface area contributed by atoms with E-state index >= 15 is 0 Å². The first kappa shape index (κ1) is 14.3. The van der Waals surface area contributed by atoms with E-state index in [1.54, 1.807) is 0 Å². The van der Waals surface area contributed by atoms with Gasteiger partial charge in [0.05, 0.1) is 11.3 Å². The largest absolute Gasteiger partial charge is 0.480 e. The number of carboxylic acid groups (broad SMARTS) is 1. The minimum atomic E-state index is -4.45. The Morgan fingerprint density at radius 3 is 2.35 bits per heavy atom. The van der Waals surface area contributed by atoms with Gasteiger partial charge in [0.15, 0.2) is 0 Å². The van der Waals surface area contributed by atoms with E-state index in [-0.39, 0.29) is 31.1 Å². The van der Waals surface area contributed by atoms with Gasteiger partial charge in [-0.15, -0.1) is 0 Å². The topological polar surface area (TPSA) is 60.9 Å². The SMILES string of the molecule is O=C(O)CN1CCC(=O)N1c1ccc(C(F)(F)F)cc1. The molecule has 1 heterocycles. The van der Waals surface area contributed by atoms with Crippen LogP contribution in [0.1, 0.15) is 12.0 Å². The van der Waals surface area contributed by atoms with Gasteiger partial charge in [-0.3, -0.25) is 9.59 Å². The van der Waals surface area contributed by atoms with Gasteiger partial charge in [-0.25, -0.2) is 10.0 Å². The quantitative estimate of drug-likeness (QED) is 0.920. The van der Waals surface area contributed by atoms with Crippen LogP contribution in [0.5, 0.6) is 0 Å². The van der Waals surface area contributed by atoms with Crippen LogP contribution in [-0.4, -0.2) is 35.1 Å². The smallest absolute Gasteiger partial charge is 0.416 e. The van der Waals surface area contributed by atoms with Crippen LogP contribution in [0.25, 0.3) is 0 Å². The van der Waals surface area contributed by atoms with Crippen LogP contribution in [0.4, 0.5) is 18.9 Å². The Hall–Kier alpha value is -2.09. The zero-order chi connectivity index (χ0) is 14.9. The number of carboxylic acids is 1. The Balaban J connectivity index is 2.24. The number of hydrogen-bond acceptors (Lipinski definition) is 3. The van der Waals surface area contributed by atoms with E-state index < -0.39 is 17.7 Å². The van der Waals surface area contributed by atoms with Gasteiger partial charge >= 0.3 is 12.1 Å². The van der Waals surface area contributed by atoms with Crippen molar-refractivity contribution in [2.75, 3.05) is 18.1 Å². The Labute approximate surface area is 112 Å². The predicted molar refractivity (Wildman–Crippen MR) is 62.8 cm³/mol. The number of nitrogens with zero attached hydrogens (tertiary/aromatic N) is 2. The van der Waals surface area contributed by atoms with Gasteiger partial charge in [-0.2, -0.15) is 13.2 Å². The van der Waals surface area contributed by atoms with Gasteiger partial charge in [0.2, 0.25) is 5.91 Å². The molecule has 0 bridgehead atoms. The molecule has 0 aromatic heterocycles. The molecular formula is C12H11F3N2O3. The number of aliphatic carboxylic acids is 1. The summed E-state index contributed by atoms with van der Waals surface area (Å²) in [6.07, 6.45) is -4.32. The number of hydrogen-bond donors (Lipinski definition) is 1. The van der Waals surface area contributed by atoms with Crippen molar-refractivity contribution >= 4 is 17.6 Å². The van der Waals surface area contributed by atoms with Crippen LogP contribution in [-0.2, 0) is 15.8 Å². The Bertz CT molecular complexity index is 528. The molecule has 1 aliphatic rings. The van der Waals surface area contributed by atoms with Crippen LogP contribution < -0.4 is 5.01 Å². The number of benzene rings is 1. The van der Waals surface area contributed by atoms with Gasteiger partial charge in [0.1, 0.15) is 6.54 Å². The lowest BCUT2D eigenvalue weighted by Gasteiger charge is -2.26. The lowest BCUT2D eigenvalue weighted by atomic mass is 10.2. The summed E-state index contributed by atoms with van der Waals surface area (Å²) < 4.78 is 37.4. The number of hydrazine groups is 1. The summed E-state index contributed by atoms with van der Waals surface area (Å²) >= 11 is 0. The molecule has 0 saturated carbocycles. The standard InChI is InChI=1S/C12H11F3N2O3/c13-12(14,15)8-1-3-9(4-2-8)17-10(18)5-6-16(17)7-11(19)20/h1-4H,5-7H2,(H,19,20). The summed E-state index contributed by atoms with van der Waals surface area (Å²) in [5, 5.41) is 11.1. The summed E-state index contributed by atoms with van der Waals surface area (Å²) in [4.78, 5) is 22.4. The molecule has 1 aliphatic heterocycles. The molecular weight excluding hydrogens is 277 g/mol. The predicted octanol–water partition coefficient (Wildman–Crippen LogP) is 1.74. The number of alkyl halides is 3. The molecule has 1 N–H and O–H groups in total. The Kier molecular flexibility index (Phi) is 3.67. The third-order valence-corrected chi connectivity index (χ3v) is 2.86. The number of halogens is 3. The minimum absolute atomic E-state index is 0.133. The van der Waals surface area contributed by atoms with Crippen molar-refractivity contribution in [3.63, 3.8) is 0 Å². The van der Waals surface area contributed by atoms with Gasteiger partial charge in [0, 0.05) is 13.0 Å². The van der Waals surface area contributed by atoms with E-state index in [0.29, 0.717) is 0 Å². The van der Waals surface area contributed by atoms with Crippen molar-refractivity contribution < 1.29 is 27.9 Å². The maximum absolute atomic E-state index is 12.5. The highest BCUT2D eigenvalue weighted by Crippen LogP contribution is 2.31. The Morgan fingerprint density at radius 1 is 1.25 bits per heavy atom. The van der Waals surface area contributed by atoms with Crippen molar-refractivity contribution in [2.24, 2.45) is 0 Å². The number of amides is 1. The first-order valence-electron chi connectivity index (χ1n) is 5.76. The molecule has 5 nitrogen and oxygen atoms in total. The molecule has 8 heteroatoms. The lowest BCUT2D eigenvalue weighted by Crippen LogP contribution is -2.42. The highest BCUT2D eigenvalue weighted by Gasteiger charge is 2.33. The molecule has 20 heavy (non-hydrogen) atoms. The third kappa shape index (κ3) is 2.90. The van der Waals surface area contributed by atoms with Crippen molar-refractivity contribution in [3.8, 4) is 0 Å².